The summed E-state index contributed by atoms with van der Waals surface area (Å²) in [6.45, 7) is 3.76. The van der Waals surface area contributed by atoms with Crippen LogP contribution < -0.4 is 21.1 Å². The van der Waals surface area contributed by atoms with Gasteiger partial charge in [-0.2, -0.15) is 0 Å². The van der Waals surface area contributed by atoms with Crippen LogP contribution in [0.1, 0.15) is 12.1 Å². The molecule has 0 bridgehead atoms. The third-order valence-corrected chi connectivity index (χ3v) is 4.18. The van der Waals surface area contributed by atoms with Gasteiger partial charge in [-0.15, -0.1) is 0 Å². The predicted octanol–water partition coefficient (Wildman–Crippen LogP) is 0.305. The first-order valence-electron chi connectivity index (χ1n) is 8.09. The van der Waals surface area contributed by atoms with Crippen LogP contribution in [0, 0.1) is 6.92 Å². The lowest BCUT2D eigenvalue weighted by Crippen LogP contribution is -3.05. The van der Waals surface area contributed by atoms with Crippen molar-refractivity contribution in [3.63, 3.8) is 0 Å². The van der Waals surface area contributed by atoms with E-state index in [9.17, 15) is 4.79 Å². The minimum absolute atomic E-state index is 0.108. The van der Waals surface area contributed by atoms with Gasteiger partial charge in [-0.1, -0.05) is 18.2 Å². The topological polar surface area (TPSA) is 55.4 Å². The smallest absolute Gasteiger partial charge is 0.295 e. The second kappa shape index (κ2) is 8.12. The van der Waals surface area contributed by atoms with Gasteiger partial charge in [-0.25, -0.2) is 4.68 Å². The number of thiocarbonyl (C=S) groups is 1. The summed E-state index contributed by atoms with van der Waals surface area (Å²) < 4.78 is 3.47. The lowest BCUT2D eigenvalue weighted by Gasteiger charge is -2.10. The summed E-state index contributed by atoms with van der Waals surface area (Å²) in [6, 6.07) is 9.57. The van der Waals surface area contributed by atoms with E-state index in [0.29, 0.717) is 10.8 Å². The highest BCUT2D eigenvalue weighted by molar-refractivity contribution is 7.80. The van der Waals surface area contributed by atoms with Gasteiger partial charge >= 0.3 is 0 Å². The molecule has 0 saturated carbocycles. The average Bonchev–Trinajstić information content (AvgIpc) is 2.76. The van der Waals surface area contributed by atoms with Gasteiger partial charge in [-0.3, -0.25) is 9.48 Å². The molecule has 0 unspecified atom stereocenters. The summed E-state index contributed by atoms with van der Waals surface area (Å²) in [4.78, 5) is 14.2. The van der Waals surface area contributed by atoms with Gasteiger partial charge in [0.2, 0.25) is 0 Å². The van der Waals surface area contributed by atoms with Crippen molar-refractivity contribution in [2.45, 2.75) is 13.3 Å². The minimum Gasteiger partial charge on any atom is -0.362 e. The number of hydrogen-bond donors (Lipinski definition) is 3. The zero-order valence-electron chi connectivity index (χ0n) is 14.7. The fourth-order valence-corrected chi connectivity index (χ4v) is 2.72. The third kappa shape index (κ3) is 4.24. The lowest BCUT2D eigenvalue weighted by atomic mass is 10.3. The molecule has 0 aliphatic rings. The van der Waals surface area contributed by atoms with Crippen LogP contribution in [-0.2, 0) is 7.05 Å². The van der Waals surface area contributed by atoms with E-state index in [4.69, 9.17) is 12.2 Å². The Morgan fingerprint density at radius 2 is 1.92 bits per heavy atom. The number of quaternary nitrogens is 1. The summed E-state index contributed by atoms with van der Waals surface area (Å²) in [5.41, 5.74) is 2.07. The summed E-state index contributed by atoms with van der Waals surface area (Å²) in [5.74, 6) is 0. The van der Waals surface area contributed by atoms with Gasteiger partial charge in [0.15, 0.2) is 5.11 Å². The number of benzene rings is 1. The van der Waals surface area contributed by atoms with Crippen molar-refractivity contribution in [3.8, 4) is 5.69 Å². The highest BCUT2D eigenvalue weighted by atomic mass is 32.1. The van der Waals surface area contributed by atoms with E-state index >= 15 is 0 Å². The Kier molecular flexibility index (Phi) is 6.16. The van der Waals surface area contributed by atoms with E-state index in [1.165, 1.54) is 4.90 Å². The summed E-state index contributed by atoms with van der Waals surface area (Å²) >= 11 is 5.32. The van der Waals surface area contributed by atoms with Crippen LogP contribution in [0.3, 0.4) is 0 Å². The molecule has 0 fully saturated rings. The van der Waals surface area contributed by atoms with E-state index < -0.39 is 0 Å². The third-order valence-electron chi connectivity index (χ3n) is 3.93. The van der Waals surface area contributed by atoms with Crippen LogP contribution in [0.15, 0.2) is 35.1 Å². The highest BCUT2D eigenvalue weighted by Crippen LogP contribution is 2.13. The second-order valence-corrected chi connectivity index (χ2v) is 6.54. The van der Waals surface area contributed by atoms with E-state index in [1.807, 2.05) is 49.0 Å². The van der Waals surface area contributed by atoms with Gasteiger partial charge in [0.1, 0.15) is 5.69 Å². The van der Waals surface area contributed by atoms with Crippen LogP contribution in [0.2, 0.25) is 0 Å². The van der Waals surface area contributed by atoms with E-state index in [1.54, 1.807) is 4.68 Å². The minimum atomic E-state index is -0.108. The molecule has 0 radical (unpaired) electrons. The Balaban J connectivity index is 2.12. The van der Waals surface area contributed by atoms with Crippen molar-refractivity contribution in [2.75, 3.05) is 32.5 Å². The quantitative estimate of drug-likeness (QED) is 0.519. The largest absolute Gasteiger partial charge is 0.362 e. The van der Waals surface area contributed by atoms with Gasteiger partial charge in [0.25, 0.3) is 5.56 Å². The van der Waals surface area contributed by atoms with E-state index in [0.717, 1.165) is 30.9 Å². The molecule has 0 amide bonds. The molecule has 0 atom stereocenters. The van der Waals surface area contributed by atoms with E-state index in [2.05, 4.69) is 24.7 Å². The summed E-state index contributed by atoms with van der Waals surface area (Å²) in [5, 5.41) is 6.70. The number of hydrogen-bond acceptors (Lipinski definition) is 2. The Morgan fingerprint density at radius 1 is 1.25 bits per heavy atom. The molecule has 0 saturated heterocycles. The zero-order valence-corrected chi connectivity index (χ0v) is 15.5. The molecule has 2 aromatic rings. The van der Waals surface area contributed by atoms with E-state index in [-0.39, 0.29) is 5.56 Å². The highest BCUT2D eigenvalue weighted by Gasteiger charge is 2.16. The van der Waals surface area contributed by atoms with Gasteiger partial charge < -0.3 is 15.5 Å². The molecule has 1 heterocycles. The molecule has 130 valence electrons. The number of anilines is 1. The van der Waals surface area contributed by atoms with Crippen LogP contribution in [0.5, 0.6) is 0 Å². The maximum Gasteiger partial charge on any atom is 0.295 e. The maximum atomic E-state index is 12.8. The van der Waals surface area contributed by atoms with Gasteiger partial charge in [-0.05, 0) is 31.3 Å². The second-order valence-electron chi connectivity index (χ2n) is 6.13. The molecule has 6 nitrogen and oxygen atoms in total. The SMILES string of the molecule is Cc1c(NC(=S)NCCC[NH+](C)C)c(=O)n(-c2ccccc2)n1C. The van der Waals surface area contributed by atoms with Gasteiger partial charge in [0, 0.05) is 20.0 Å². The van der Waals surface area contributed by atoms with Crippen molar-refractivity contribution in [1.29, 1.82) is 0 Å². The zero-order chi connectivity index (χ0) is 17.7. The molecular weight excluding hydrogens is 322 g/mol. The van der Waals surface area contributed by atoms with Crippen LogP contribution in [0.4, 0.5) is 5.69 Å². The van der Waals surface area contributed by atoms with Crippen molar-refractivity contribution in [1.82, 2.24) is 14.7 Å². The maximum absolute atomic E-state index is 12.8. The Labute approximate surface area is 148 Å². The van der Waals surface area contributed by atoms with Crippen molar-refractivity contribution >= 4 is 23.0 Å². The Hall–Kier alpha value is -2.12. The molecule has 7 heteroatoms. The van der Waals surface area contributed by atoms with Crippen LogP contribution in [0.25, 0.3) is 5.69 Å². The molecule has 3 N–H and O–H groups in total. The Morgan fingerprint density at radius 3 is 2.54 bits per heavy atom. The normalized spacial score (nSPS) is 10.9. The van der Waals surface area contributed by atoms with Crippen molar-refractivity contribution in [2.24, 2.45) is 7.05 Å². The van der Waals surface area contributed by atoms with Gasteiger partial charge in [0.05, 0.1) is 32.0 Å². The molecule has 0 aliphatic heterocycles. The predicted molar refractivity (Wildman–Crippen MR) is 102 cm³/mol. The van der Waals surface area contributed by atoms with Crippen molar-refractivity contribution < 1.29 is 4.90 Å². The fourth-order valence-electron chi connectivity index (χ4n) is 2.51. The number of aromatic nitrogens is 2. The number of nitrogens with one attached hydrogen (secondary N) is 3. The molecular formula is C17H26N5OS+. The van der Waals surface area contributed by atoms with Crippen LogP contribution >= 0.6 is 12.2 Å². The first-order valence-corrected chi connectivity index (χ1v) is 8.50. The Bertz CT molecular complexity index is 748. The summed E-state index contributed by atoms with van der Waals surface area (Å²) in [7, 11) is 6.11. The number of para-hydroxylation sites is 1. The lowest BCUT2D eigenvalue weighted by molar-refractivity contribution is -0.858. The summed E-state index contributed by atoms with van der Waals surface area (Å²) in [6.07, 6.45) is 1.02. The first-order chi connectivity index (χ1) is 11.4. The molecule has 2 rings (SSSR count). The molecule has 0 spiro atoms. The number of nitrogens with zero attached hydrogens (tertiary/aromatic N) is 2. The number of rotatable bonds is 6. The molecule has 1 aromatic carbocycles. The first kappa shape index (κ1) is 18.2. The fraction of sp³-hybridized carbons (Fsp3) is 0.412. The molecule has 1 aromatic heterocycles. The van der Waals surface area contributed by atoms with Crippen LogP contribution in [-0.4, -0.2) is 41.7 Å². The van der Waals surface area contributed by atoms with Crippen molar-refractivity contribution in [3.05, 3.63) is 46.4 Å². The molecule has 24 heavy (non-hydrogen) atoms. The molecule has 0 aliphatic carbocycles. The average molecular weight is 348 g/mol. The monoisotopic (exact) mass is 348 g/mol. The standard InChI is InChI=1S/C17H25N5OS/c1-13-15(19-17(24)18-11-8-12-20(2)3)16(23)22(21(13)4)14-9-6-5-7-10-14/h5-7,9-10H,8,11-12H2,1-4H3,(H2,18,19,24)/p+1.